The van der Waals surface area contributed by atoms with Gasteiger partial charge in [-0.05, 0) is 5.21 Å². The summed E-state index contributed by atoms with van der Waals surface area (Å²) in [6, 6.07) is 0. The lowest BCUT2D eigenvalue weighted by atomic mass is 10.7. The summed E-state index contributed by atoms with van der Waals surface area (Å²) in [5, 5.41) is 10.5. The fraction of sp³-hybridized carbons (Fsp3) is 0. The average molecular weight is 186 g/mol. The zero-order chi connectivity index (χ0) is 5.98. The van der Waals surface area contributed by atoms with Crippen LogP contribution in [0.25, 0.3) is 0 Å². The molecule has 1 rings (SSSR count). The van der Waals surface area contributed by atoms with Gasteiger partial charge in [-0.1, -0.05) is 23.2 Å². The summed E-state index contributed by atoms with van der Waals surface area (Å²) in [5.41, 5.74) is 0. The maximum atomic E-state index is 5.41. The number of hydrogen-bond donors (Lipinski definition) is 0. The molecule has 0 aliphatic heterocycles. The smallest absolute Gasteiger partial charge is 0.147 e. The molecule has 0 aliphatic carbocycles. The van der Waals surface area contributed by atoms with E-state index in [-0.39, 0.29) is 17.6 Å². The van der Waals surface area contributed by atoms with Crippen molar-refractivity contribution in [1.82, 2.24) is 15.4 Å². The molecule has 0 fully saturated rings. The minimum absolute atomic E-state index is 0. The Hall–Kier alpha value is -0.120. The summed E-state index contributed by atoms with van der Waals surface area (Å²) in [6.45, 7) is 0. The van der Waals surface area contributed by atoms with Crippen LogP contribution in [0.5, 0.6) is 0 Å². The highest BCUT2D eigenvalue weighted by Gasteiger charge is 1.94. The molecule has 50 valence electrons. The molecule has 0 unspecified atom stereocenters. The molecule has 0 aromatic carbocycles. The Balaban J connectivity index is 0.000000640. The SMILES string of the molecule is Cl.Clc1cnnnc1Cl. The van der Waals surface area contributed by atoms with E-state index in [0.29, 0.717) is 5.02 Å². The van der Waals surface area contributed by atoms with Crippen LogP contribution >= 0.6 is 35.6 Å². The highest BCUT2D eigenvalue weighted by Crippen LogP contribution is 2.13. The molecule has 0 radical (unpaired) electrons. The Morgan fingerprint density at radius 2 is 2.00 bits per heavy atom. The van der Waals surface area contributed by atoms with E-state index in [1.54, 1.807) is 0 Å². The molecule has 0 atom stereocenters. The van der Waals surface area contributed by atoms with Crippen molar-refractivity contribution < 1.29 is 0 Å². The van der Waals surface area contributed by atoms with Crippen LogP contribution in [-0.2, 0) is 0 Å². The highest BCUT2D eigenvalue weighted by molar-refractivity contribution is 6.40. The summed E-state index contributed by atoms with van der Waals surface area (Å²) in [7, 11) is 0. The minimum Gasteiger partial charge on any atom is -0.147 e. The van der Waals surface area contributed by atoms with Crippen molar-refractivity contribution in [2.75, 3.05) is 0 Å². The van der Waals surface area contributed by atoms with Crippen LogP contribution in [0.1, 0.15) is 0 Å². The van der Waals surface area contributed by atoms with Gasteiger partial charge in [0, 0.05) is 0 Å². The van der Waals surface area contributed by atoms with Crippen molar-refractivity contribution >= 4 is 35.6 Å². The first-order valence-electron chi connectivity index (χ1n) is 1.80. The number of nitrogens with zero attached hydrogens (tertiary/aromatic N) is 3. The van der Waals surface area contributed by atoms with Crippen molar-refractivity contribution in [2.24, 2.45) is 0 Å². The van der Waals surface area contributed by atoms with Crippen LogP contribution in [0.15, 0.2) is 6.20 Å². The van der Waals surface area contributed by atoms with Crippen molar-refractivity contribution in [3.63, 3.8) is 0 Å². The van der Waals surface area contributed by atoms with Gasteiger partial charge in [0.25, 0.3) is 0 Å². The summed E-state index contributed by atoms with van der Waals surface area (Å²) >= 11 is 10.8. The first-order chi connectivity index (χ1) is 3.80. The van der Waals surface area contributed by atoms with Crippen molar-refractivity contribution in [3.8, 4) is 0 Å². The lowest BCUT2D eigenvalue weighted by Gasteiger charge is -1.84. The molecule has 6 heteroatoms. The fourth-order valence-corrected chi connectivity index (χ4v) is 0.407. The highest BCUT2D eigenvalue weighted by atomic mass is 35.5. The number of rotatable bonds is 0. The Bertz CT molecular complexity index is 170. The van der Waals surface area contributed by atoms with Gasteiger partial charge >= 0.3 is 0 Å². The molecule has 1 aromatic heterocycles. The molecule has 1 heterocycles. The van der Waals surface area contributed by atoms with E-state index < -0.39 is 0 Å². The third-order valence-corrected chi connectivity index (χ3v) is 1.20. The van der Waals surface area contributed by atoms with Crippen molar-refractivity contribution in [3.05, 3.63) is 16.4 Å². The van der Waals surface area contributed by atoms with Crippen molar-refractivity contribution in [2.45, 2.75) is 0 Å². The Morgan fingerprint density at radius 3 is 2.33 bits per heavy atom. The molecular weight excluding hydrogens is 184 g/mol. The Kier molecular flexibility index (Phi) is 3.77. The van der Waals surface area contributed by atoms with Crippen LogP contribution in [0.3, 0.4) is 0 Å². The van der Waals surface area contributed by atoms with Gasteiger partial charge in [-0.2, -0.15) is 0 Å². The van der Waals surface area contributed by atoms with Gasteiger partial charge in [-0.25, -0.2) is 0 Å². The van der Waals surface area contributed by atoms with E-state index in [0.717, 1.165) is 0 Å². The van der Waals surface area contributed by atoms with Crippen LogP contribution in [0, 0.1) is 0 Å². The van der Waals surface area contributed by atoms with Crippen LogP contribution < -0.4 is 0 Å². The Labute approximate surface area is 67.8 Å². The normalized spacial score (nSPS) is 8.22. The van der Waals surface area contributed by atoms with Gasteiger partial charge < -0.3 is 0 Å². The van der Waals surface area contributed by atoms with Gasteiger partial charge in [-0.3, -0.25) is 0 Å². The second-order valence-corrected chi connectivity index (χ2v) is 1.84. The van der Waals surface area contributed by atoms with Gasteiger partial charge in [0.1, 0.15) is 5.02 Å². The first-order valence-corrected chi connectivity index (χ1v) is 2.55. The zero-order valence-corrected chi connectivity index (χ0v) is 6.41. The van der Waals surface area contributed by atoms with Crippen LogP contribution in [0.4, 0.5) is 0 Å². The second-order valence-electron chi connectivity index (χ2n) is 1.07. The van der Waals surface area contributed by atoms with Crippen LogP contribution in [-0.4, -0.2) is 15.4 Å². The second kappa shape index (κ2) is 3.82. The van der Waals surface area contributed by atoms with Gasteiger partial charge in [-0.15, -0.1) is 22.6 Å². The monoisotopic (exact) mass is 185 g/mol. The topological polar surface area (TPSA) is 38.7 Å². The molecule has 1 aromatic rings. The van der Waals surface area contributed by atoms with E-state index >= 15 is 0 Å². The predicted molar refractivity (Wildman–Crippen MR) is 37.1 cm³/mol. The van der Waals surface area contributed by atoms with E-state index in [1.807, 2.05) is 0 Å². The molecule has 3 nitrogen and oxygen atoms in total. The molecule has 0 spiro atoms. The van der Waals surface area contributed by atoms with E-state index in [9.17, 15) is 0 Å². The first kappa shape index (κ1) is 8.88. The largest absolute Gasteiger partial charge is 0.173 e. The summed E-state index contributed by atoms with van der Waals surface area (Å²) in [4.78, 5) is 0. The summed E-state index contributed by atoms with van der Waals surface area (Å²) < 4.78 is 0. The molecular formula is C3H2Cl3N3. The zero-order valence-electron chi connectivity index (χ0n) is 4.08. The van der Waals surface area contributed by atoms with Gasteiger partial charge in [0.05, 0.1) is 6.20 Å². The van der Waals surface area contributed by atoms with Gasteiger partial charge in [0.2, 0.25) is 0 Å². The standard InChI is InChI=1S/C3HCl2N3.ClH/c4-2-1-6-8-7-3(2)5;/h1H;1H. The maximum Gasteiger partial charge on any atom is 0.173 e. The summed E-state index contributed by atoms with van der Waals surface area (Å²) in [5.74, 6) is 0. The number of aromatic nitrogens is 3. The average Bonchev–Trinajstić information content (AvgIpc) is 1.77. The fourth-order valence-electron chi connectivity index (χ4n) is 0.243. The van der Waals surface area contributed by atoms with Gasteiger partial charge in [0.15, 0.2) is 5.15 Å². The molecule has 0 bridgehead atoms. The molecule has 0 aliphatic rings. The van der Waals surface area contributed by atoms with E-state index in [4.69, 9.17) is 23.2 Å². The van der Waals surface area contributed by atoms with E-state index in [2.05, 4.69) is 15.4 Å². The minimum atomic E-state index is 0. The Morgan fingerprint density at radius 1 is 1.33 bits per heavy atom. The molecule has 0 amide bonds. The molecule has 9 heavy (non-hydrogen) atoms. The van der Waals surface area contributed by atoms with Crippen molar-refractivity contribution in [1.29, 1.82) is 0 Å². The van der Waals surface area contributed by atoms with E-state index in [1.165, 1.54) is 6.20 Å². The molecule has 0 saturated heterocycles. The third-order valence-electron chi connectivity index (χ3n) is 0.552. The molecule has 0 saturated carbocycles. The van der Waals surface area contributed by atoms with Crippen LogP contribution in [0.2, 0.25) is 10.2 Å². The molecule has 0 N–H and O–H groups in total. The third kappa shape index (κ3) is 2.30. The lowest BCUT2D eigenvalue weighted by molar-refractivity contribution is 0.865. The lowest BCUT2D eigenvalue weighted by Crippen LogP contribution is -1.84. The quantitative estimate of drug-likeness (QED) is 0.618. The maximum absolute atomic E-state index is 5.41. The number of hydrogen-bond acceptors (Lipinski definition) is 3. The summed E-state index contributed by atoms with van der Waals surface area (Å²) in [6.07, 6.45) is 1.33. The predicted octanol–water partition coefficient (Wildman–Crippen LogP) is 1.60. The number of halogens is 3.